The van der Waals surface area contributed by atoms with E-state index >= 15 is 0 Å². The van der Waals surface area contributed by atoms with Gasteiger partial charge >= 0.3 is 5.97 Å². The number of benzene rings is 2. The van der Waals surface area contributed by atoms with E-state index in [1.807, 2.05) is 23.1 Å². The van der Waals surface area contributed by atoms with Gasteiger partial charge in [-0.05, 0) is 37.1 Å². The van der Waals surface area contributed by atoms with Crippen LogP contribution in [-0.2, 0) is 14.8 Å². The summed E-state index contributed by atoms with van der Waals surface area (Å²) >= 11 is 6.42. The molecule has 0 atom stereocenters. The van der Waals surface area contributed by atoms with Crippen molar-refractivity contribution in [1.29, 1.82) is 0 Å². The number of piperidine rings is 1. The average molecular weight is 696 g/mol. The van der Waals surface area contributed by atoms with E-state index in [1.54, 1.807) is 31.4 Å². The topological polar surface area (TPSA) is 143 Å². The molecule has 2 aliphatic heterocycles. The SMILES string of the molecule is COc1cc(N2CCC(N3CCN(CC(=O)O)CC3)CC2)ccc1Nc1ncc(Cl)c(Nc2ccccc2N(C)S(C)(=O)=O)n1.Cl. The molecule has 0 aliphatic carbocycles. The number of carboxylic acids is 1. The zero-order valence-electron chi connectivity index (χ0n) is 26.0. The van der Waals surface area contributed by atoms with Gasteiger partial charge in [0.1, 0.15) is 10.8 Å². The van der Waals surface area contributed by atoms with Crippen LogP contribution in [0.25, 0.3) is 0 Å². The summed E-state index contributed by atoms with van der Waals surface area (Å²) in [5, 5.41) is 15.7. The third-order valence-corrected chi connectivity index (χ3v) is 9.75. The highest BCUT2D eigenvalue weighted by Crippen LogP contribution is 2.35. The van der Waals surface area contributed by atoms with Crippen LogP contribution in [0, 0.1) is 0 Å². The van der Waals surface area contributed by atoms with Gasteiger partial charge < -0.3 is 25.4 Å². The van der Waals surface area contributed by atoms with Crippen LogP contribution >= 0.6 is 24.0 Å². The lowest BCUT2D eigenvalue weighted by atomic mass is 10.0. The smallest absolute Gasteiger partial charge is 0.317 e. The zero-order chi connectivity index (χ0) is 32.1. The monoisotopic (exact) mass is 694 g/mol. The van der Waals surface area contributed by atoms with Crippen molar-refractivity contribution in [2.45, 2.75) is 18.9 Å². The molecule has 16 heteroatoms. The lowest BCUT2D eigenvalue weighted by molar-refractivity contribution is -0.138. The maximum Gasteiger partial charge on any atom is 0.317 e. The second kappa shape index (κ2) is 15.4. The molecular formula is C30H40Cl2N8O5S. The molecule has 46 heavy (non-hydrogen) atoms. The minimum Gasteiger partial charge on any atom is -0.494 e. The van der Waals surface area contributed by atoms with Crippen LogP contribution in [0.2, 0.25) is 5.02 Å². The number of aliphatic carboxylic acids is 1. The van der Waals surface area contributed by atoms with Gasteiger partial charge in [-0.1, -0.05) is 23.7 Å². The van der Waals surface area contributed by atoms with Gasteiger partial charge in [-0.2, -0.15) is 4.98 Å². The van der Waals surface area contributed by atoms with Gasteiger partial charge in [-0.3, -0.25) is 18.9 Å². The van der Waals surface area contributed by atoms with Crippen LogP contribution in [0.4, 0.5) is 34.5 Å². The van der Waals surface area contributed by atoms with Gasteiger partial charge in [0.2, 0.25) is 16.0 Å². The summed E-state index contributed by atoms with van der Waals surface area (Å²) in [5.41, 5.74) is 2.71. The van der Waals surface area contributed by atoms with Crippen molar-refractivity contribution >= 4 is 74.5 Å². The number of carbonyl (C=O) groups is 1. The number of hydrogen-bond donors (Lipinski definition) is 3. The molecule has 2 aromatic carbocycles. The van der Waals surface area contributed by atoms with Crippen molar-refractivity contribution < 1.29 is 23.1 Å². The van der Waals surface area contributed by atoms with Crippen LogP contribution in [0.3, 0.4) is 0 Å². The van der Waals surface area contributed by atoms with Gasteiger partial charge in [0.15, 0.2) is 5.82 Å². The molecule has 3 N–H and O–H groups in total. The number of anilines is 6. The molecule has 0 unspecified atom stereocenters. The van der Waals surface area contributed by atoms with Crippen molar-refractivity contribution in [1.82, 2.24) is 19.8 Å². The van der Waals surface area contributed by atoms with Gasteiger partial charge in [-0.15, -0.1) is 12.4 Å². The van der Waals surface area contributed by atoms with Gasteiger partial charge in [0, 0.05) is 64.1 Å². The molecule has 0 radical (unpaired) electrons. The lowest BCUT2D eigenvalue weighted by Gasteiger charge is -2.43. The Balaban J connectivity index is 0.00000480. The third-order valence-electron chi connectivity index (χ3n) is 8.28. The third kappa shape index (κ3) is 8.62. The molecule has 0 saturated carbocycles. The molecule has 2 fully saturated rings. The minimum atomic E-state index is -3.48. The molecule has 13 nitrogen and oxygen atoms in total. The molecular weight excluding hydrogens is 655 g/mol. The standard InChI is InChI=1S/C30H39ClN8O5S.ClH/c1-36(45(3,42)43)26-7-5-4-6-24(26)33-29-23(31)19-32-30(35-29)34-25-9-8-22(18-27(25)44-2)38-12-10-21(11-13-38)39-16-14-37(15-17-39)20-28(40)41;/h4-9,18-19,21H,10-17,20H2,1-3H3,(H,40,41)(H2,32,33,34,35);1H. The second-order valence-electron chi connectivity index (χ2n) is 11.2. The van der Waals surface area contributed by atoms with Crippen molar-refractivity contribution in [3.05, 3.63) is 53.7 Å². The summed E-state index contributed by atoms with van der Waals surface area (Å²) in [7, 11) is -0.386. The molecule has 0 amide bonds. The Hall–Kier alpha value is -3.56. The molecule has 3 aromatic rings. The van der Waals surface area contributed by atoms with Crippen LogP contribution in [-0.4, -0.2) is 112 Å². The summed E-state index contributed by atoms with van der Waals surface area (Å²) in [4.78, 5) is 26.8. The minimum absolute atomic E-state index is 0. The van der Waals surface area contributed by atoms with Crippen LogP contribution in [0.15, 0.2) is 48.7 Å². The van der Waals surface area contributed by atoms with Crippen LogP contribution in [0.5, 0.6) is 5.75 Å². The van der Waals surface area contributed by atoms with Gasteiger partial charge in [-0.25, -0.2) is 13.4 Å². The molecule has 3 heterocycles. The molecule has 5 rings (SSSR count). The Morgan fingerprint density at radius 1 is 1.07 bits per heavy atom. The highest BCUT2D eigenvalue weighted by molar-refractivity contribution is 7.92. The lowest BCUT2D eigenvalue weighted by Crippen LogP contribution is -2.53. The second-order valence-corrected chi connectivity index (χ2v) is 13.6. The fraction of sp³-hybridized carbons (Fsp3) is 0.433. The predicted molar refractivity (Wildman–Crippen MR) is 184 cm³/mol. The Bertz CT molecular complexity index is 1620. The molecule has 0 bridgehead atoms. The number of methoxy groups -OCH3 is 1. The molecule has 0 spiro atoms. The van der Waals surface area contributed by atoms with E-state index < -0.39 is 16.0 Å². The fourth-order valence-corrected chi connectivity index (χ4v) is 6.40. The van der Waals surface area contributed by atoms with E-state index in [0.29, 0.717) is 34.7 Å². The molecule has 2 aliphatic rings. The fourth-order valence-electron chi connectivity index (χ4n) is 5.74. The van der Waals surface area contributed by atoms with E-state index in [9.17, 15) is 13.2 Å². The van der Waals surface area contributed by atoms with E-state index in [1.165, 1.54) is 17.5 Å². The summed E-state index contributed by atoms with van der Waals surface area (Å²) in [5.74, 6) is 0.461. The first-order valence-electron chi connectivity index (χ1n) is 14.7. The predicted octanol–water partition coefficient (Wildman–Crippen LogP) is 4.11. The maximum absolute atomic E-state index is 12.2. The number of piperazine rings is 1. The first-order chi connectivity index (χ1) is 21.5. The van der Waals surface area contributed by atoms with Crippen LogP contribution < -0.4 is 24.6 Å². The largest absolute Gasteiger partial charge is 0.494 e. The molecule has 250 valence electrons. The zero-order valence-corrected chi connectivity index (χ0v) is 28.4. The number of nitrogens with one attached hydrogen (secondary N) is 2. The Morgan fingerprint density at radius 3 is 2.41 bits per heavy atom. The molecule has 2 saturated heterocycles. The number of nitrogens with zero attached hydrogens (tertiary/aromatic N) is 6. The number of hydrogen-bond acceptors (Lipinski definition) is 11. The van der Waals surface area contributed by atoms with E-state index in [0.717, 1.165) is 64.1 Å². The van der Waals surface area contributed by atoms with E-state index in [2.05, 4.69) is 30.4 Å². The van der Waals surface area contributed by atoms with E-state index in [-0.39, 0.29) is 29.9 Å². The first-order valence-corrected chi connectivity index (χ1v) is 16.9. The van der Waals surface area contributed by atoms with Crippen molar-refractivity contribution in [2.75, 3.05) is 86.1 Å². The van der Waals surface area contributed by atoms with Crippen molar-refractivity contribution in [3.63, 3.8) is 0 Å². The number of ether oxygens (including phenoxy) is 1. The summed E-state index contributed by atoms with van der Waals surface area (Å²) in [6.07, 6.45) is 4.69. The Labute approximate surface area is 281 Å². The highest BCUT2D eigenvalue weighted by atomic mass is 35.5. The molecule has 1 aromatic heterocycles. The average Bonchev–Trinajstić information content (AvgIpc) is 3.02. The number of halogens is 2. The van der Waals surface area contributed by atoms with Crippen molar-refractivity contribution in [2.24, 2.45) is 0 Å². The van der Waals surface area contributed by atoms with Crippen molar-refractivity contribution in [3.8, 4) is 5.75 Å². The van der Waals surface area contributed by atoms with Gasteiger partial charge in [0.05, 0.1) is 43.2 Å². The number of rotatable bonds is 11. The Kier molecular flexibility index (Phi) is 11.8. The number of carboxylic acid groups (broad SMARTS) is 1. The quantitative estimate of drug-likeness (QED) is 0.266. The first kappa shape index (κ1) is 35.3. The maximum atomic E-state index is 12.2. The summed E-state index contributed by atoms with van der Waals surface area (Å²) in [6, 6.07) is 13.5. The summed E-state index contributed by atoms with van der Waals surface area (Å²) in [6.45, 7) is 5.34. The number of para-hydroxylation sites is 2. The number of aromatic nitrogens is 2. The van der Waals surface area contributed by atoms with E-state index in [4.69, 9.17) is 21.4 Å². The summed E-state index contributed by atoms with van der Waals surface area (Å²) < 4.78 is 31.2. The normalized spacial score (nSPS) is 16.4. The van der Waals surface area contributed by atoms with Gasteiger partial charge in [0.25, 0.3) is 0 Å². The number of sulfonamides is 1. The highest BCUT2D eigenvalue weighted by Gasteiger charge is 2.28. The van der Waals surface area contributed by atoms with Crippen LogP contribution in [0.1, 0.15) is 12.8 Å². The Morgan fingerprint density at radius 2 is 1.76 bits per heavy atom.